The van der Waals surface area contributed by atoms with E-state index in [4.69, 9.17) is 9.47 Å². The van der Waals surface area contributed by atoms with Gasteiger partial charge in [-0.15, -0.1) is 11.3 Å². The number of aliphatic hydroxyl groups is 2. The predicted octanol–water partition coefficient (Wildman–Crippen LogP) is 1.67. The lowest BCUT2D eigenvalue weighted by atomic mass is 9.98. The van der Waals surface area contributed by atoms with E-state index in [1.807, 2.05) is 20.8 Å². The fourth-order valence-electron chi connectivity index (χ4n) is 1.63. The molecule has 0 bridgehead atoms. The van der Waals surface area contributed by atoms with Gasteiger partial charge < -0.3 is 25.0 Å². The predicted molar refractivity (Wildman–Crippen MR) is 89.5 cm³/mol. The Morgan fingerprint density at radius 1 is 1.39 bits per heavy atom. The Bertz CT molecular complexity index is 592. The number of hydrogen-bond donors (Lipinski definition) is 3. The van der Waals surface area contributed by atoms with E-state index in [9.17, 15) is 15.0 Å². The maximum Gasteiger partial charge on any atom is 0.350 e. The van der Waals surface area contributed by atoms with Crippen LogP contribution in [0.15, 0.2) is 6.07 Å². The van der Waals surface area contributed by atoms with Crippen LogP contribution >= 0.6 is 11.3 Å². The molecule has 0 amide bonds. The summed E-state index contributed by atoms with van der Waals surface area (Å²) in [7, 11) is 2.74. The summed E-state index contributed by atoms with van der Waals surface area (Å²) in [5.41, 5.74) is 0.276. The molecule has 7 heteroatoms. The van der Waals surface area contributed by atoms with Gasteiger partial charge >= 0.3 is 5.97 Å². The summed E-state index contributed by atoms with van der Waals surface area (Å²) in [5.74, 6) is 5.61. The monoisotopic (exact) mass is 341 g/mol. The zero-order valence-electron chi connectivity index (χ0n) is 14.0. The molecule has 0 spiro atoms. The Morgan fingerprint density at radius 3 is 2.52 bits per heavy atom. The molecule has 0 saturated carbocycles. The summed E-state index contributed by atoms with van der Waals surface area (Å²) < 4.78 is 9.70. The summed E-state index contributed by atoms with van der Waals surface area (Å²) in [4.78, 5) is 12.9. The minimum absolute atomic E-state index is 0.0666. The van der Waals surface area contributed by atoms with E-state index in [-0.39, 0.29) is 12.0 Å². The molecular formula is C16H23NO5S. The van der Waals surface area contributed by atoms with Gasteiger partial charge in [0.15, 0.2) is 6.29 Å². The number of aliphatic hydroxyl groups excluding tert-OH is 1. The van der Waals surface area contributed by atoms with Gasteiger partial charge in [-0.2, -0.15) is 0 Å². The number of nitrogens with one attached hydrogen (secondary N) is 1. The van der Waals surface area contributed by atoms with Gasteiger partial charge in [-0.3, -0.25) is 0 Å². The number of carbonyl (C=O) groups is 1. The van der Waals surface area contributed by atoms with Crippen LogP contribution in [0, 0.1) is 17.3 Å². The summed E-state index contributed by atoms with van der Waals surface area (Å²) in [5, 5.41) is 21.7. The van der Waals surface area contributed by atoms with Crippen LogP contribution in [0.5, 0.6) is 0 Å². The molecule has 1 atom stereocenters. The Hall–Kier alpha value is -1.59. The van der Waals surface area contributed by atoms with Crippen molar-refractivity contribution < 1.29 is 24.5 Å². The van der Waals surface area contributed by atoms with E-state index in [1.165, 1.54) is 25.6 Å². The second kappa shape index (κ2) is 8.31. The van der Waals surface area contributed by atoms with Gasteiger partial charge in [-0.05, 0) is 26.8 Å². The van der Waals surface area contributed by atoms with Crippen molar-refractivity contribution in [1.82, 2.24) is 0 Å². The van der Waals surface area contributed by atoms with E-state index in [2.05, 4.69) is 17.2 Å². The highest BCUT2D eigenvalue weighted by molar-refractivity contribution is 7.15. The van der Waals surface area contributed by atoms with Crippen LogP contribution in [0.25, 0.3) is 0 Å². The quantitative estimate of drug-likeness (QED) is 0.414. The number of carbonyl (C=O) groups excluding carboxylic acids is 1. The Balaban J connectivity index is 3.15. The van der Waals surface area contributed by atoms with Crippen molar-refractivity contribution in [3.63, 3.8) is 0 Å². The maximum atomic E-state index is 11.9. The van der Waals surface area contributed by atoms with Gasteiger partial charge in [0.05, 0.1) is 24.3 Å². The lowest BCUT2D eigenvalue weighted by Crippen LogP contribution is -2.37. The number of anilines is 1. The van der Waals surface area contributed by atoms with Gasteiger partial charge in [-0.1, -0.05) is 11.8 Å². The molecule has 128 valence electrons. The minimum atomic E-state index is -1.63. The maximum absolute atomic E-state index is 11.9. The topological polar surface area (TPSA) is 88.0 Å². The van der Waals surface area contributed by atoms with Gasteiger partial charge in [0.25, 0.3) is 0 Å². The smallest absolute Gasteiger partial charge is 0.350 e. The van der Waals surface area contributed by atoms with E-state index < -0.39 is 18.3 Å². The van der Waals surface area contributed by atoms with E-state index in [0.717, 1.165) is 0 Å². The van der Waals surface area contributed by atoms with Crippen molar-refractivity contribution in [3.8, 4) is 11.8 Å². The fourth-order valence-corrected chi connectivity index (χ4v) is 2.53. The lowest BCUT2D eigenvalue weighted by molar-refractivity contribution is -0.0664. The molecular weight excluding hydrogens is 318 g/mol. The Kier molecular flexibility index (Phi) is 7.03. The fraction of sp³-hybridized carbons (Fsp3) is 0.562. The zero-order chi connectivity index (χ0) is 17.6. The van der Waals surface area contributed by atoms with E-state index in [0.29, 0.717) is 15.4 Å². The highest BCUT2D eigenvalue weighted by atomic mass is 32.1. The number of esters is 1. The summed E-state index contributed by atoms with van der Waals surface area (Å²) in [6, 6.07) is 0.919. The van der Waals surface area contributed by atoms with Crippen molar-refractivity contribution in [3.05, 3.63) is 15.8 Å². The van der Waals surface area contributed by atoms with Crippen molar-refractivity contribution in [2.45, 2.75) is 33.1 Å². The third-order valence-electron chi connectivity index (χ3n) is 2.71. The molecule has 0 saturated heterocycles. The normalized spacial score (nSPS) is 12.5. The second-order valence-electron chi connectivity index (χ2n) is 5.96. The molecule has 6 nitrogen and oxygen atoms in total. The number of rotatable bonds is 6. The van der Waals surface area contributed by atoms with Crippen LogP contribution in [-0.4, -0.2) is 49.3 Å². The SMILES string of the molecule is COCC(Nc1cc(C#CC(C)(C)C)sc1C(=O)OC)C(O)O. The van der Waals surface area contributed by atoms with Crippen molar-refractivity contribution in [1.29, 1.82) is 0 Å². The molecule has 1 aromatic heterocycles. The van der Waals surface area contributed by atoms with E-state index in [1.54, 1.807) is 6.07 Å². The molecule has 0 aliphatic carbocycles. The molecule has 1 rings (SSSR count). The number of methoxy groups -OCH3 is 2. The average molecular weight is 341 g/mol. The van der Waals surface area contributed by atoms with E-state index >= 15 is 0 Å². The molecule has 1 aromatic rings. The van der Waals surface area contributed by atoms with Gasteiger partial charge in [0.2, 0.25) is 0 Å². The highest BCUT2D eigenvalue weighted by Crippen LogP contribution is 2.29. The van der Waals surface area contributed by atoms with Crippen LogP contribution in [0.1, 0.15) is 35.3 Å². The number of thiophene rings is 1. The number of hydrogen-bond acceptors (Lipinski definition) is 7. The molecule has 1 unspecified atom stereocenters. The van der Waals surface area contributed by atoms with Crippen molar-refractivity contribution in [2.75, 3.05) is 26.1 Å². The van der Waals surface area contributed by atoms with Crippen molar-refractivity contribution in [2.24, 2.45) is 5.41 Å². The Morgan fingerprint density at radius 2 is 2.04 bits per heavy atom. The first kappa shape index (κ1) is 19.5. The standard InChI is InChI=1S/C16H23NO5S/c1-16(2,3)7-6-10-8-11(13(23-10)15(20)22-5)17-12(9-21-4)14(18)19/h8,12,14,17-19H,9H2,1-5H3. The summed E-state index contributed by atoms with van der Waals surface area (Å²) >= 11 is 1.19. The molecule has 23 heavy (non-hydrogen) atoms. The minimum Gasteiger partial charge on any atom is -0.465 e. The molecule has 0 aliphatic heterocycles. The van der Waals surface area contributed by atoms with Crippen LogP contribution in [0.4, 0.5) is 5.69 Å². The molecule has 0 aromatic carbocycles. The highest BCUT2D eigenvalue weighted by Gasteiger charge is 2.22. The van der Waals surface area contributed by atoms with Crippen LogP contribution in [0.2, 0.25) is 0 Å². The first-order chi connectivity index (χ1) is 10.7. The van der Waals surface area contributed by atoms with Gasteiger partial charge in [0, 0.05) is 12.5 Å². The summed E-state index contributed by atoms with van der Waals surface area (Å²) in [6.07, 6.45) is -1.63. The third-order valence-corrected chi connectivity index (χ3v) is 3.74. The first-order valence-electron chi connectivity index (χ1n) is 7.05. The zero-order valence-corrected chi connectivity index (χ0v) is 14.8. The largest absolute Gasteiger partial charge is 0.465 e. The molecule has 1 heterocycles. The van der Waals surface area contributed by atoms with Crippen LogP contribution in [-0.2, 0) is 9.47 Å². The third kappa shape index (κ3) is 6.20. The van der Waals surface area contributed by atoms with Crippen LogP contribution in [0.3, 0.4) is 0 Å². The van der Waals surface area contributed by atoms with Gasteiger partial charge in [0.1, 0.15) is 10.9 Å². The molecule has 3 N–H and O–H groups in total. The van der Waals surface area contributed by atoms with Crippen LogP contribution < -0.4 is 5.32 Å². The lowest BCUT2D eigenvalue weighted by Gasteiger charge is -2.20. The summed E-state index contributed by atoms with van der Waals surface area (Å²) in [6.45, 7) is 6.04. The molecule has 0 radical (unpaired) electrons. The van der Waals surface area contributed by atoms with Gasteiger partial charge in [-0.25, -0.2) is 4.79 Å². The Labute approximate surface area is 140 Å². The molecule has 0 fully saturated rings. The molecule has 0 aliphatic rings. The number of ether oxygens (including phenoxy) is 2. The first-order valence-corrected chi connectivity index (χ1v) is 7.86. The average Bonchev–Trinajstić information content (AvgIpc) is 2.86. The van der Waals surface area contributed by atoms with Crippen molar-refractivity contribution >= 4 is 23.0 Å². The second-order valence-corrected chi connectivity index (χ2v) is 7.02.